The first-order chi connectivity index (χ1) is 15.7. The molecule has 3 rings (SSSR count). The number of carbonyl (C=O) groups excluding carboxylic acids is 2. The van der Waals surface area contributed by atoms with E-state index in [-0.39, 0.29) is 23.6 Å². The molecule has 0 unspecified atom stereocenters. The van der Waals surface area contributed by atoms with Crippen molar-refractivity contribution in [1.29, 1.82) is 0 Å². The molecule has 0 spiro atoms. The second-order valence-electron chi connectivity index (χ2n) is 7.87. The normalized spacial score (nSPS) is 11.8. The van der Waals surface area contributed by atoms with Gasteiger partial charge in [0, 0.05) is 12.2 Å². The third kappa shape index (κ3) is 5.94. The number of rotatable bonds is 8. The molecule has 2 aromatic carbocycles. The molecule has 0 fully saturated rings. The molecule has 2 N–H and O–H groups in total. The van der Waals surface area contributed by atoms with Crippen LogP contribution in [0.1, 0.15) is 52.8 Å². The maximum atomic E-state index is 12.6. The lowest BCUT2D eigenvalue weighted by atomic mass is 10.1. The topological polar surface area (TPSA) is 88.9 Å². The Hall–Kier alpha value is -2.84. The molecule has 0 aliphatic carbocycles. The van der Waals surface area contributed by atoms with Gasteiger partial charge in [0.15, 0.2) is 11.0 Å². The molecular weight excluding hydrogens is 458 g/mol. The minimum absolute atomic E-state index is 0.109. The molecule has 0 saturated heterocycles. The Morgan fingerprint density at radius 2 is 1.79 bits per heavy atom. The number of hydrogen-bond acceptors (Lipinski definition) is 5. The summed E-state index contributed by atoms with van der Waals surface area (Å²) in [6.45, 7) is 10.4. The van der Waals surface area contributed by atoms with Crippen molar-refractivity contribution in [3.05, 3.63) is 69.5 Å². The van der Waals surface area contributed by atoms with Crippen molar-refractivity contribution >= 4 is 40.9 Å². The number of benzene rings is 2. The highest BCUT2D eigenvalue weighted by Gasteiger charge is 2.21. The van der Waals surface area contributed by atoms with Crippen LogP contribution in [0, 0.1) is 20.8 Å². The molecule has 0 bridgehead atoms. The van der Waals surface area contributed by atoms with E-state index in [1.807, 2.05) is 51.3 Å². The Bertz CT molecular complexity index is 1150. The maximum absolute atomic E-state index is 12.6. The molecular formula is C24H28ClN5O2S. The molecule has 7 nitrogen and oxygen atoms in total. The molecule has 2 amide bonds. The van der Waals surface area contributed by atoms with E-state index < -0.39 is 0 Å². The first-order valence-corrected chi connectivity index (χ1v) is 12.1. The number of nitrogens with zero attached hydrogens (tertiary/aromatic N) is 3. The van der Waals surface area contributed by atoms with Gasteiger partial charge in [-0.25, -0.2) is 0 Å². The summed E-state index contributed by atoms with van der Waals surface area (Å²) in [6.07, 6.45) is 0. The monoisotopic (exact) mass is 485 g/mol. The van der Waals surface area contributed by atoms with Crippen LogP contribution in [0.5, 0.6) is 0 Å². The quantitative estimate of drug-likeness (QED) is 0.433. The molecule has 1 heterocycles. The van der Waals surface area contributed by atoms with Crippen LogP contribution in [-0.4, -0.2) is 32.3 Å². The lowest BCUT2D eigenvalue weighted by Gasteiger charge is -2.16. The van der Waals surface area contributed by atoms with Crippen LogP contribution < -0.4 is 10.6 Å². The van der Waals surface area contributed by atoms with E-state index in [2.05, 4.69) is 20.8 Å². The fourth-order valence-corrected chi connectivity index (χ4v) is 4.72. The van der Waals surface area contributed by atoms with Gasteiger partial charge >= 0.3 is 0 Å². The van der Waals surface area contributed by atoms with Crippen molar-refractivity contribution in [2.75, 3.05) is 11.1 Å². The van der Waals surface area contributed by atoms with Crippen LogP contribution in [0.4, 0.5) is 5.69 Å². The van der Waals surface area contributed by atoms with Crippen molar-refractivity contribution in [3.63, 3.8) is 0 Å². The number of thioether (sulfide) groups is 1. The van der Waals surface area contributed by atoms with Crippen LogP contribution in [-0.2, 0) is 11.3 Å². The van der Waals surface area contributed by atoms with Crippen LogP contribution in [0.3, 0.4) is 0 Å². The standard InChI is InChI=1S/C24H28ClN5O2S/c1-6-30-22(17(5)26-23(32)18-9-7-8-10-19(18)25)28-29-24(30)33-13-20(31)27-21-15(3)11-14(2)12-16(21)4/h7-12,17H,6,13H2,1-5H3,(H,26,32)(H,27,31)/t17-/m0/s1. The first-order valence-electron chi connectivity index (χ1n) is 10.7. The average molecular weight is 486 g/mol. The van der Waals surface area contributed by atoms with Gasteiger partial charge in [-0.3, -0.25) is 9.59 Å². The van der Waals surface area contributed by atoms with Crippen LogP contribution >= 0.6 is 23.4 Å². The number of nitrogens with one attached hydrogen (secondary N) is 2. The molecule has 0 saturated carbocycles. The highest BCUT2D eigenvalue weighted by molar-refractivity contribution is 7.99. The summed E-state index contributed by atoms with van der Waals surface area (Å²) in [7, 11) is 0. The minimum atomic E-state index is -0.387. The van der Waals surface area contributed by atoms with Crippen LogP contribution in [0.25, 0.3) is 0 Å². The Balaban J connectivity index is 1.66. The third-order valence-corrected chi connectivity index (χ3v) is 6.49. The molecule has 3 aromatic rings. The molecule has 0 aliphatic heterocycles. The Labute approximate surface area is 203 Å². The number of anilines is 1. The average Bonchev–Trinajstić information content (AvgIpc) is 3.18. The Kier molecular flexibility index (Phi) is 8.15. The Morgan fingerprint density at radius 1 is 1.12 bits per heavy atom. The third-order valence-electron chi connectivity index (χ3n) is 5.19. The second kappa shape index (κ2) is 10.9. The number of aryl methyl sites for hydroxylation is 3. The van der Waals surface area contributed by atoms with E-state index in [1.165, 1.54) is 11.8 Å². The molecule has 0 aliphatic rings. The lowest BCUT2D eigenvalue weighted by molar-refractivity contribution is -0.113. The highest BCUT2D eigenvalue weighted by Crippen LogP contribution is 2.24. The van der Waals surface area contributed by atoms with E-state index in [0.717, 1.165) is 22.4 Å². The maximum Gasteiger partial charge on any atom is 0.253 e. The number of halogens is 1. The van der Waals surface area contributed by atoms with Crippen molar-refractivity contribution in [2.45, 2.75) is 52.4 Å². The van der Waals surface area contributed by atoms with E-state index in [9.17, 15) is 9.59 Å². The van der Waals surface area contributed by atoms with Gasteiger partial charge in [-0.1, -0.05) is 53.2 Å². The van der Waals surface area contributed by atoms with Crippen molar-refractivity contribution in [1.82, 2.24) is 20.1 Å². The SMILES string of the molecule is CCn1c(SCC(=O)Nc2c(C)cc(C)cc2C)nnc1[C@H](C)NC(=O)c1ccccc1Cl. The van der Waals surface area contributed by atoms with Gasteiger partial charge in [0.05, 0.1) is 22.4 Å². The lowest BCUT2D eigenvalue weighted by Crippen LogP contribution is -2.29. The Morgan fingerprint density at radius 3 is 2.42 bits per heavy atom. The molecule has 0 radical (unpaired) electrons. The predicted molar refractivity (Wildman–Crippen MR) is 133 cm³/mol. The van der Waals surface area contributed by atoms with E-state index >= 15 is 0 Å². The summed E-state index contributed by atoms with van der Waals surface area (Å²) < 4.78 is 1.90. The zero-order chi connectivity index (χ0) is 24.1. The summed E-state index contributed by atoms with van der Waals surface area (Å²) in [5.74, 6) is 0.426. The molecule has 33 heavy (non-hydrogen) atoms. The van der Waals surface area contributed by atoms with Crippen molar-refractivity contribution in [2.24, 2.45) is 0 Å². The summed E-state index contributed by atoms with van der Waals surface area (Å²) in [5, 5.41) is 15.5. The minimum Gasteiger partial charge on any atom is -0.342 e. The number of amides is 2. The smallest absolute Gasteiger partial charge is 0.253 e. The van der Waals surface area contributed by atoms with Gasteiger partial charge in [0.2, 0.25) is 5.91 Å². The highest BCUT2D eigenvalue weighted by atomic mass is 35.5. The summed E-state index contributed by atoms with van der Waals surface area (Å²) in [5.41, 5.74) is 4.49. The fourth-order valence-electron chi connectivity index (χ4n) is 3.69. The largest absolute Gasteiger partial charge is 0.342 e. The van der Waals surface area contributed by atoms with Gasteiger partial charge in [-0.2, -0.15) is 0 Å². The van der Waals surface area contributed by atoms with Crippen LogP contribution in [0.2, 0.25) is 5.02 Å². The van der Waals surface area contributed by atoms with Gasteiger partial charge in [0.25, 0.3) is 5.91 Å². The van der Waals surface area contributed by atoms with Gasteiger partial charge in [-0.15, -0.1) is 10.2 Å². The zero-order valence-electron chi connectivity index (χ0n) is 19.4. The molecule has 1 aromatic heterocycles. The summed E-state index contributed by atoms with van der Waals surface area (Å²) in [4.78, 5) is 25.2. The second-order valence-corrected chi connectivity index (χ2v) is 9.22. The summed E-state index contributed by atoms with van der Waals surface area (Å²) in [6, 6.07) is 10.6. The van der Waals surface area contributed by atoms with Crippen LogP contribution in [0.15, 0.2) is 41.6 Å². The molecule has 1 atom stereocenters. The predicted octanol–water partition coefficient (Wildman–Crippen LogP) is 5.10. The fraction of sp³-hybridized carbons (Fsp3) is 0.333. The van der Waals surface area contributed by atoms with Gasteiger partial charge in [-0.05, 0) is 57.9 Å². The van der Waals surface area contributed by atoms with Crippen molar-refractivity contribution < 1.29 is 9.59 Å². The first kappa shape index (κ1) is 24.8. The number of carbonyl (C=O) groups is 2. The molecule has 174 valence electrons. The molecule has 9 heteroatoms. The number of hydrogen-bond donors (Lipinski definition) is 2. The van der Waals surface area contributed by atoms with Gasteiger partial charge < -0.3 is 15.2 Å². The van der Waals surface area contributed by atoms with E-state index in [0.29, 0.717) is 28.1 Å². The van der Waals surface area contributed by atoms with Gasteiger partial charge in [0.1, 0.15) is 0 Å². The van der Waals surface area contributed by atoms with E-state index in [1.54, 1.807) is 24.3 Å². The zero-order valence-corrected chi connectivity index (χ0v) is 21.0. The van der Waals surface area contributed by atoms with E-state index in [4.69, 9.17) is 11.6 Å². The number of aromatic nitrogens is 3. The summed E-state index contributed by atoms with van der Waals surface area (Å²) >= 11 is 7.45. The van der Waals surface area contributed by atoms with Crippen molar-refractivity contribution in [3.8, 4) is 0 Å².